The van der Waals surface area contributed by atoms with Crippen molar-refractivity contribution in [3.63, 3.8) is 0 Å². The molecule has 0 unspecified atom stereocenters. The van der Waals surface area contributed by atoms with Crippen LogP contribution >= 0.6 is 0 Å². The highest BCUT2D eigenvalue weighted by Crippen LogP contribution is 2.34. The second kappa shape index (κ2) is 7.56. The molecule has 3 heteroatoms. The van der Waals surface area contributed by atoms with Crippen LogP contribution in [0.2, 0.25) is 0 Å². The molecule has 1 aromatic heterocycles. The first-order valence-electron chi connectivity index (χ1n) is 8.79. The van der Waals surface area contributed by atoms with Crippen molar-refractivity contribution >= 4 is 10.9 Å². The molecule has 2 heterocycles. The van der Waals surface area contributed by atoms with Gasteiger partial charge in [-0.2, -0.15) is 0 Å². The van der Waals surface area contributed by atoms with Crippen molar-refractivity contribution in [3.8, 4) is 11.5 Å². The van der Waals surface area contributed by atoms with E-state index >= 15 is 0 Å². The maximum atomic E-state index is 5.27. The maximum absolute atomic E-state index is 5.27. The van der Waals surface area contributed by atoms with Gasteiger partial charge in [-0.3, -0.25) is 4.98 Å². The van der Waals surface area contributed by atoms with Crippen LogP contribution in [0.15, 0.2) is 54.7 Å². The molecule has 25 heavy (non-hydrogen) atoms. The smallest absolute Gasteiger partial charge is 0.231 e. The van der Waals surface area contributed by atoms with Gasteiger partial charge in [-0.05, 0) is 53.3 Å². The zero-order chi connectivity index (χ0) is 17.8. The summed E-state index contributed by atoms with van der Waals surface area (Å²) in [4.78, 5) is 4.28. The SMILES string of the molecule is CC(C)c1ccc2c(c1)OCO2.CC(C)c1ccc2ncccc2c1. The Morgan fingerprint density at radius 1 is 0.800 bits per heavy atom. The first-order chi connectivity index (χ1) is 12.0. The Labute approximate surface area is 149 Å². The Kier molecular flexibility index (Phi) is 5.22. The standard InChI is InChI=1S/C12H13N.C10H12O2/c1-9(2)10-5-6-12-11(8-10)4-3-7-13-12;1-7(2)8-3-4-9-10(5-8)12-6-11-9/h3-9H,1-2H3;3-5,7H,6H2,1-2H3. The van der Waals surface area contributed by atoms with Gasteiger partial charge in [0.25, 0.3) is 0 Å². The molecule has 1 aliphatic heterocycles. The van der Waals surface area contributed by atoms with Crippen molar-refractivity contribution in [2.24, 2.45) is 0 Å². The number of rotatable bonds is 2. The van der Waals surface area contributed by atoms with E-state index in [0.717, 1.165) is 17.0 Å². The van der Waals surface area contributed by atoms with E-state index in [0.29, 0.717) is 18.6 Å². The summed E-state index contributed by atoms with van der Waals surface area (Å²) in [5.74, 6) is 2.87. The molecule has 0 atom stereocenters. The van der Waals surface area contributed by atoms with Gasteiger partial charge < -0.3 is 9.47 Å². The lowest BCUT2D eigenvalue weighted by molar-refractivity contribution is 0.174. The summed E-state index contributed by atoms with van der Waals surface area (Å²) in [6.07, 6.45) is 1.83. The van der Waals surface area contributed by atoms with Gasteiger partial charge in [0.2, 0.25) is 6.79 Å². The number of nitrogens with zero attached hydrogens (tertiary/aromatic N) is 1. The molecule has 0 saturated carbocycles. The summed E-state index contributed by atoms with van der Waals surface area (Å²) in [7, 11) is 0. The lowest BCUT2D eigenvalue weighted by atomic mass is 10.0. The van der Waals surface area contributed by atoms with Crippen LogP contribution in [0.25, 0.3) is 10.9 Å². The van der Waals surface area contributed by atoms with Crippen molar-refractivity contribution in [1.29, 1.82) is 0 Å². The fourth-order valence-corrected chi connectivity index (χ4v) is 2.73. The first kappa shape index (κ1) is 17.3. The minimum Gasteiger partial charge on any atom is -0.454 e. The molecular formula is C22H25NO2. The molecule has 0 saturated heterocycles. The third-order valence-electron chi connectivity index (χ3n) is 4.36. The molecule has 0 aliphatic carbocycles. The van der Waals surface area contributed by atoms with E-state index in [1.54, 1.807) is 0 Å². The van der Waals surface area contributed by atoms with Crippen molar-refractivity contribution < 1.29 is 9.47 Å². The quantitative estimate of drug-likeness (QED) is 0.584. The number of fused-ring (bicyclic) bond motifs is 2. The molecular weight excluding hydrogens is 310 g/mol. The van der Waals surface area contributed by atoms with Gasteiger partial charge in [-0.25, -0.2) is 0 Å². The van der Waals surface area contributed by atoms with E-state index in [1.165, 1.54) is 16.5 Å². The van der Waals surface area contributed by atoms with Crippen LogP contribution in [0.4, 0.5) is 0 Å². The second-order valence-corrected chi connectivity index (χ2v) is 6.88. The Balaban J connectivity index is 0.000000146. The summed E-state index contributed by atoms with van der Waals surface area (Å²) in [6.45, 7) is 9.10. The van der Waals surface area contributed by atoms with Gasteiger partial charge in [0.1, 0.15) is 0 Å². The Morgan fingerprint density at radius 3 is 2.24 bits per heavy atom. The fraction of sp³-hybridized carbons (Fsp3) is 0.318. The molecule has 3 nitrogen and oxygen atoms in total. The number of ether oxygens (including phenoxy) is 2. The van der Waals surface area contributed by atoms with Crippen molar-refractivity contribution in [2.45, 2.75) is 39.5 Å². The van der Waals surface area contributed by atoms with Crippen molar-refractivity contribution in [3.05, 3.63) is 65.9 Å². The maximum Gasteiger partial charge on any atom is 0.231 e. The normalized spacial score (nSPS) is 12.4. The summed E-state index contributed by atoms with van der Waals surface area (Å²) in [5.41, 5.74) is 3.74. The fourth-order valence-electron chi connectivity index (χ4n) is 2.73. The van der Waals surface area contributed by atoms with Crippen LogP contribution in [-0.2, 0) is 0 Å². The lowest BCUT2D eigenvalue weighted by Crippen LogP contribution is -1.93. The van der Waals surface area contributed by atoms with E-state index in [1.807, 2.05) is 24.4 Å². The molecule has 0 bridgehead atoms. The van der Waals surface area contributed by atoms with E-state index in [4.69, 9.17) is 9.47 Å². The van der Waals surface area contributed by atoms with E-state index < -0.39 is 0 Å². The van der Waals surface area contributed by atoms with Gasteiger partial charge >= 0.3 is 0 Å². The minimum absolute atomic E-state index is 0.358. The van der Waals surface area contributed by atoms with Gasteiger partial charge in [0.15, 0.2) is 11.5 Å². The molecule has 3 aromatic rings. The molecule has 2 aromatic carbocycles. The largest absolute Gasteiger partial charge is 0.454 e. The van der Waals surface area contributed by atoms with E-state index in [9.17, 15) is 0 Å². The lowest BCUT2D eigenvalue weighted by Gasteiger charge is -2.05. The van der Waals surface area contributed by atoms with Crippen LogP contribution in [-0.4, -0.2) is 11.8 Å². The summed E-state index contributed by atoms with van der Waals surface area (Å²) >= 11 is 0. The highest BCUT2D eigenvalue weighted by atomic mass is 16.7. The molecule has 0 spiro atoms. The van der Waals surface area contributed by atoms with Crippen LogP contribution in [0.1, 0.15) is 50.7 Å². The number of pyridine rings is 1. The molecule has 1 aliphatic rings. The molecule has 130 valence electrons. The van der Waals surface area contributed by atoms with Gasteiger partial charge in [-0.15, -0.1) is 0 Å². The van der Waals surface area contributed by atoms with Crippen molar-refractivity contribution in [2.75, 3.05) is 6.79 Å². The van der Waals surface area contributed by atoms with Gasteiger partial charge in [0, 0.05) is 11.6 Å². The van der Waals surface area contributed by atoms with E-state index in [-0.39, 0.29) is 0 Å². The molecule has 0 N–H and O–H groups in total. The van der Waals surface area contributed by atoms with Crippen molar-refractivity contribution in [1.82, 2.24) is 4.98 Å². The molecule has 4 rings (SSSR count). The highest BCUT2D eigenvalue weighted by Gasteiger charge is 2.13. The third-order valence-corrected chi connectivity index (χ3v) is 4.36. The van der Waals surface area contributed by atoms with Gasteiger partial charge in [-0.1, -0.05) is 45.9 Å². The highest BCUT2D eigenvalue weighted by molar-refractivity contribution is 5.79. The van der Waals surface area contributed by atoms with Gasteiger partial charge in [0.05, 0.1) is 5.52 Å². The van der Waals surface area contributed by atoms with Crippen LogP contribution in [0, 0.1) is 0 Å². The minimum atomic E-state index is 0.358. The number of hydrogen-bond acceptors (Lipinski definition) is 3. The third kappa shape index (κ3) is 4.11. The predicted molar refractivity (Wildman–Crippen MR) is 102 cm³/mol. The number of aromatic nitrogens is 1. The van der Waals surface area contributed by atoms with Crippen LogP contribution in [0.5, 0.6) is 11.5 Å². The Bertz CT molecular complexity index is 856. The molecule has 0 radical (unpaired) electrons. The predicted octanol–water partition coefficient (Wildman–Crippen LogP) is 5.90. The number of hydrogen-bond donors (Lipinski definition) is 0. The molecule has 0 amide bonds. The average Bonchev–Trinajstić information content (AvgIpc) is 3.09. The summed E-state index contributed by atoms with van der Waals surface area (Å²) < 4.78 is 10.5. The number of benzene rings is 2. The Morgan fingerprint density at radius 2 is 1.48 bits per heavy atom. The zero-order valence-corrected chi connectivity index (χ0v) is 15.3. The second-order valence-electron chi connectivity index (χ2n) is 6.88. The topological polar surface area (TPSA) is 31.4 Å². The van der Waals surface area contributed by atoms with Crippen LogP contribution in [0.3, 0.4) is 0 Å². The Hall–Kier alpha value is -2.55. The van der Waals surface area contributed by atoms with Crippen LogP contribution < -0.4 is 9.47 Å². The molecule has 0 fully saturated rings. The van der Waals surface area contributed by atoms with E-state index in [2.05, 4.69) is 63.0 Å². The summed E-state index contributed by atoms with van der Waals surface area (Å²) in [5, 5.41) is 1.23. The average molecular weight is 335 g/mol. The first-order valence-corrected chi connectivity index (χ1v) is 8.79. The monoisotopic (exact) mass is 335 g/mol. The zero-order valence-electron chi connectivity index (χ0n) is 15.3. The summed E-state index contributed by atoms with van der Waals surface area (Å²) in [6, 6.07) is 16.6.